The van der Waals surface area contributed by atoms with Gasteiger partial charge in [0.2, 0.25) is 10.0 Å². The molecule has 0 saturated heterocycles. The van der Waals surface area contributed by atoms with Crippen LogP contribution in [-0.4, -0.2) is 38.3 Å². The molecule has 0 aromatic heterocycles. The third-order valence-corrected chi connectivity index (χ3v) is 5.29. The molecule has 2 rings (SSSR count). The van der Waals surface area contributed by atoms with Gasteiger partial charge in [0, 0.05) is 12.1 Å². The standard InChI is InChI=1S/C21H25N3O6S/c1-21(2,3)30-18(25)12-13-24-31(27,28)17-10-6-15(7-11-17)20(26)29-16-8-4-14(5-9-16)19(22)23/h4-11,24H,12-13H2,1-3H3,(H3,22,23). The minimum atomic E-state index is -3.86. The molecule has 31 heavy (non-hydrogen) atoms. The molecular formula is C21H25N3O6S. The summed E-state index contributed by atoms with van der Waals surface area (Å²) in [6.07, 6.45) is -0.108. The van der Waals surface area contributed by atoms with Gasteiger partial charge in [0.1, 0.15) is 17.2 Å². The van der Waals surface area contributed by atoms with E-state index in [1.165, 1.54) is 36.4 Å². The number of hydrogen-bond acceptors (Lipinski definition) is 7. The van der Waals surface area contributed by atoms with Crippen LogP contribution in [0, 0.1) is 5.41 Å². The first-order valence-electron chi connectivity index (χ1n) is 9.35. The second kappa shape index (κ2) is 9.71. The number of nitrogens with one attached hydrogen (secondary N) is 2. The Morgan fingerprint density at radius 2 is 1.55 bits per heavy atom. The van der Waals surface area contributed by atoms with E-state index in [4.69, 9.17) is 20.6 Å². The highest BCUT2D eigenvalue weighted by molar-refractivity contribution is 7.89. The molecule has 0 spiro atoms. The lowest BCUT2D eigenvalue weighted by atomic mass is 10.2. The van der Waals surface area contributed by atoms with Gasteiger partial charge in [0.15, 0.2) is 0 Å². The minimum Gasteiger partial charge on any atom is -0.460 e. The van der Waals surface area contributed by atoms with Crippen molar-refractivity contribution in [1.29, 1.82) is 5.41 Å². The number of nitrogen functional groups attached to an aromatic ring is 1. The molecule has 2 aromatic carbocycles. The second-order valence-electron chi connectivity index (χ2n) is 7.59. The van der Waals surface area contributed by atoms with Gasteiger partial charge in [0.05, 0.1) is 16.9 Å². The highest BCUT2D eigenvalue weighted by Gasteiger charge is 2.19. The van der Waals surface area contributed by atoms with Gasteiger partial charge in [-0.1, -0.05) is 0 Å². The molecule has 0 saturated carbocycles. The maximum Gasteiger partial charge on any atom is 0.343 e. The van der Waals surface area contributed by atoms with E-state index in [1.54, 1.807) is 32.9 Å². The predicted octanol–water partition coefficient (Wildman–Crippen LogP) is 2.20. The molecule has 9 nitrogen and oxygen atoms in total. The maximum absolute atomic E-state index is 12.4. The van der Waals surface area contributed by atoms with E-state index < -0.39 is 27.6 Å². The number of carbonyl (C=O) groups is 2. The highest BCUT2D eigenvalue weighted by Crippen LogP contribution is 2.16. The molecule has 0 bridgehead atoms. The molecule has 10 heteroatoms. The first kappa shape index (κ1) is 24.0. The SMILES string of the molecule is CC(C)(C)OC(=O)CCNS(=O)(=O)c1ccc(C(=O)Oc2ccc(C(=N)N)cc2)cc1. The van der Waals surface area contributed by atoms with Crippen molar-refractivity contribution < 1.29 is 27.5 Å². The van der Waals surface area contributed by atoms with Crippen molar-refractivity contribution in [2.24, 2.45) is 5.73 Å². The molecule has 0 aliphatic rings. The topological polar surface area (TPSA) is 149 Å². The fourth-order valence-electron chi connectivity index (χ4n) is 2.40. The fourth-order valence-corrected chi connectivity index (χ4v) is 3.43. The monoisotopic (exact) mass is 447 g/mol. The Hall–Kier alpha value is -3.24. The zero-order valence-electron chi connectivity index (χ0n) is 17.5. The molecule has 2 aromatic rings. The van der Waals surface area contributed by atoms with E-state index in [0.29, 0.717) is 5.56 Å². The smallest absolute Gasteiger partial charge is 0.343 e. The number of ether oxygens (including phenoxy) is 2. The molecule has 0 unspecified atom stereocenters. The number of carbonyl (C=O) groups excluding carboxylic acids is 2. The average Bonchev–Trinajstić information content (AvgIpc) is 2.67. The lowest BCUT2D eigenvalue weighted by Gasteiger charge is -2.19. The fraction of sp³-hybridized carbons (Fsp3) is 0.286. The van der Waals surface area contributed by atoms with Crippen LogP contribution in [0.15, 0.2) is 53.4 Å². The summed E-state index contributed by atoms with van der Waals surface area (Å²) in [6.45, 7) is 5.06. The van der Waals surface area contributed by atoms with Crippen LogP contribution < -0.4 is 15.2 Å². The summed E-state index contributed by atoms with van der Waals surface area (Å²) in [4.78, 5) is 23.9. The normalized spacial score (nSPS) is 11.6. The van der Waals surface area contributed by atoms with Gasteiger partial charge < -0.3 is 15.2 Å². The molecule has 0 atom stereocenters. The van der Waals surface area contributed by atoms with Crippen LogP contribution in [0.4, 0.5) is 0 Å². The third-order valence-electron chi connectivity index (χ3n) is 3.82. The summed E-state index contributed by atoms with van der Waals surface area (Å²) in [6, 6.07) is 11.3. The summed E-state index contributed by atoms with van der Waals surface area (Å²) in [5.74, 6) is -1.02. The lowest BCUT2D eigenvalue weighted by Crippen LogP contribution is -2.29. The van der Waals surface area contributed by atoms with Crippen LogP contribution in [0.3, 0.4) is 0 Å². The Bertz CT molecular complexity index is 1060. The Labute approximate surface area is 181 Å². The van der Waals surface area contributed by atoms with Crippen molar-refractivity contribution in [3.05, 3.63) is 59.7 Å². The van der Waals surface area contributed by atoms with Crippen molar-refractivity contribution in [2.75, 3.05) is 6.54 Å². The second-order valence-corrected chi connectivity index (χ2v) is 9.35. The summed E-state index contributed by atoms with van der Waals surface area (Å²) < 4.78 is 37.4. The van der Waals surface area contributed by atoms with E-state index in [1.807, 2.05) is 0 Å². The van der Waals surface area contributed by atoms with Crippen molar-refractivity contribution in [1.82, 2.24) is 4.72 Å². The Balaban J connectivity index is 1.95. The number of benzene rings is 2. The molecule has 0 fully saturated rings. The summed E-state index contributed by atoms with van der Waals surface area (Å²) in [7, 11) is -3.86. The number of sulfonamides is 1. The minimum absolute atomic E-state index is 0.0564. The molecule has 0 radical (unpaired) electrons. The summed E-state index contributed by atoms with van der Waals surface area (Å²) in [5, 5.41) is 7.34. The van der Waals surface area contributed by atoms with E-state index >= 15 is 0 Å². The molecule has 4 N–H and O–H groups in total. The number of nitrogens with two attached hydrogens (primary N) is 1. The van der Waals surface area contributed by atoms with Gasteiger partial charge in [-0.25, -0.2) is 17.9 Å². The quantitative estimate of drug-likeness (QED) is 0.243. The Morgan fingerprint density at radius 1 is 1.00 bits per heavy atom. The van der Waals surface area contributed by atoms with E-state index in [2.05, 4.69) is 4.72 Å². The Kier molecular flexibility index (Phi) is 7.53. The Morgan fingerprint density at radius 3 is 2.06 bits per heavy atom. The zero-order valence-corrected chi connectivity index (χ0v) is 18.3. The van der Waals surface area contributed by atoms with E-state index in [-0.39, 0.29) is 35.0 Å². The van der Waals surface area contributed by atoms with Crippen LogP contribution in [-0.2, 0) is 19.6 Å². The van der Waals surface area contributed by atoms with Gasteiger partial charge in [0.25, 0.3) is 0 Å². The van der Waals surface area contributed by atoms with Crippen LogP contribution in [0.1, 0.15) is 43.1 Å². The van der Waals surface area contributed by atoms with Crippen molar-refractivity contribution >= 4 is 27.8 Å². The van der Waals surface area contributed by atoms with E-state index in [9.17, 15) is 18.0 Å². The van der Waals surface area contributed by atoms with Crippen molar-refractivity contribution in [3.63, 3.8) is 0 Å². The van der Waals surface area contributed by atoms with Crippen LogP contribution in [0.2, 0.25) is 0 Å². The van der Waals surface area contributed by atoms with Crippen LogP contribution in [0.5, 0.6) is 5.75 Å². The largest absolute Gasteiger partial charge is 0.460 e. The first-order chi connectivity index (χ1) is 14.4. The van der Waals surface area contributed by atoms with Crippen molar-refractivity contribution in [3.8, 4) is 5.75 Å². The number of rotatable bonds is 8. The number of esters is 2. The van der Waals surface area contributed by atoms with Gasteiger partial charge in [-0.2, -0.15) is 0 Å². The van der Waals surface area contributed by atoms with Gasteiger partial charge in [-0.05, 0) is 69.3 Å². The van der Waals surface area contributed by atoms with Crippen molar-refractivity contribution in [2.45, 2.75) is 37.7 Å². The third kappa shape index (κ3) is 7.50. The van der Waals surface area contributed by atoms with E-state index in [0.717, 1.165) is 0 Å². The summed E-state index contributed by atoms with van der Waals surface area (Å²) >= 11 is 0. The average molecular weight is 448 g/mol. The van der Waals surface area contributed by atoms with Gasteiger partial charge in [-0.3, -0.25) is 10.2 Å². The van der Waals surface area contributed by atoms with Gasteiger partial charge >= 0.3 is 11.9 Å². The predicted molar refractivity (Wildman–Crippen MR) is 115 cm³/mol. The van der Waals surface area contributed by atoms with Gasteiger partial charge in [-0.15, -0.1) is 0 Å². The zero-order chi connectivity index (χ0) is 23.2. The molecule has 166 valence electrons. The molecule has 0 aliphatic carbocycles. The molecule has 0 heterocycles. The molecule has 0 aliphatic heterocycles. The molecular weight excluding hydrogens is 422 g/mol. The number of amidine groups is 1. The lowest BCUT2D eigenvalue weighted by molar-refractivity contribution is -0.154. The maximum atomic E-state index is 12.4. The first-order valence-corrected chi connectivity index (χ1v) is 10.8. The molecule has 0 amide bonds. The number of hydrogen-bond donors (Lipinski definition) is 3. The van der Waals surface area contributed by atoms with Crippen LogP contribution in [0.25, 0.3) is 0 Å². The highest BCUT2D eigenvalue weighted by atomic mass is 32.2. The summed E-state index contributed by atoms with van der Waals surface area (Å²) in [5.41, 5.74) is 5.38. The van der Waals surface area contributed by atoms with Crippen LogP contribution >= 0.6 is 0 Å².